The van der Waals surface area contributed by atoms with E-state index in [4.69, 9.17) is 9.97 Å². The largest absolute Gasteiger partial charge is 0.251 e. The van der Waals surface area contributed by atoms with E-state index in [1.54, 1.807) is 0 Å². The molecule has 0 amide bonds. The fourth-order valence-electron chi connectivity index (χ4n) is 8.18. The molecule has 2 heteroatoms. The summed E-state index contributed by atoms with van der Waals surface area (Å²) in [5, 5.41) is 0. The normalized spacial score (nSPS) is 14.6. The summed E-state index contributed by atoms with van der Waals surface area (Å²) >= 11 is 0. The number of pyridine rings is 2. The van der Waals surface area contributed by atoms with E-state index in [1.165, 1.54) is 44.5 Å². The lowest BCUT2D eigenvalue weighted by Crippen LogP contribution is -2.31. The number of hydrogen-bond acceptors (Lipinski definition) is 2. The predicted octanol–water partition coefficient (Wildman–Crippen LogP) is 10.9. The van der Waals surface area contributed by atoms with E-state index in [9.17, 15) is 0 Å². The van der Waals surface area contributed by atoms with Crippen molar-refractivity contribution in [3.63, 3.8) is 0 Å². The monoisotopic (exact) mass is 610 g/mol. The van der Waals surface area contributed by atoms with Gasteiger partial charge in [-0.3, -0.25) is 9.97 Å². The van der Waals surface area contributed by atoms with Crippen molar-refractivity contribution in [1.29, 1.82) is 0 Å². The average Bonchev–Trinajstić information content (AvgIpc) is 3.37. The minimum absolute atomic E-state index is 0.0329. The molecule has 8 rings (SSSR count). The van der Waals surface area contributed by atoms with E-state index >= 15 is 0 Å². The number of benzene rings is 4. The molecule has 3 heterocycles. The minimum atomic E-state index is -0.665. The van der Waals surface area contributed by atoms with Gasteiger partial charge in [-0.15, -0.1) is 0 Å². The average molecular weight is 611 g/mol. The maximum atomic E-state index is 5.57. The molecule has 0 radical (unpaired) electrons. The Bertz CT molecular complexity index is 2020. The number of nitrogens with zero attached hydrogens (tertiary/aromatic N) is 2. The number of hydrogen-bond donors (Lipinski definition) is 0. The maximum absolute atomic E-state index is 5.57. The first kappa shape index (κ1) is 29.6. The van der Waals surface area contributed by atoms with Gasteiger partial charge in [0, 0.05) is 11.1 Å². The summed E-state index contributed by atoms with van der Waals surface area (Å²) in [4.78, 5) is 11.1. The molecule has 47 heavy (non-hydrogen) atoms. The van der Waals surface area contributed by atoms with Gasteiger partial charge in [0.25, 0.3) is 0 Å². The second-order valence-corrected chi connectivity index (χ2v) is 15.4. The van der Waals surface area contributed by atoms with E-state index in [0.29, 0.717) is 0 Å². The highest BCUT2D eigenvalue weighted by molar-refractivity contribution is 5.85. The minimum Gasteiger partial charge on any atom is -0.251 e. The van der Waals surface area contributed by atoms with Crippen LogP contribution in [-0.4, -0.2) is 9.97 Å². The molecule has 0 atom stereocenters. The summed E-state index contributed by atoms with van der Waals surface area (Å²) in [5.41, 5.74) is 16.2. The molecule has 0 unspecified atom stereocenters. The summed E-state index contributed by atoms with van der Waals surface area (Å²) in [6.45, 7) is 13.9. The Balaban J connectivity index is 1.49. The molecule has 0 saturated heterocycles. The highest BCUT2D eigenvalue weighted by Crippen LogP contribution is 2.55. The van der Waals surface area contributed by atoms with E-state index in [-0.39, 0.29) is 10.8 Å². The van der Waals surface area contributed by atoms with Crippen molar-refractivity contribution in [3.05, 3.63) is 166 Å². The van der Waals surface area contributed by atoms with Gasteiger partial charge in [0.05, 0.1) is 22.8 Å². The van der Waals surface area contributed by atoms with Crippen molar-refractivity contribution in [2.75, 3.05) is 0 Å². The summed E-state index contributed by atoms with van der Waals surface area (Å²) in [5.74, 6) is 0. The van der Waals surface area contributed by atoms with E-state index < -0.39 is 5.41 Å². The molecule has 1 aliphatic carbocycles. The van der Waals surface area contributed by atoms with Gasteiger partial charge in [-0.25, -0.2) is 0 Å². The first-order valence-electron chi connectivity index (χ1n) is 17.0. The zero-order valence-corrected chi connectivity index (χ0v) is 28.4. The van der Waals surface area contributed by atoms with Crippen LogP contribution in [0.2, 0.25) is 0 Å². The van der Waals surface area contributed by atoms with Crippen molar-refractivity contribution >= 4 is 0 Å². The fraction of sp³-hybridized carbons (Fsp3) is 0.244. The van der Waals surface area contributed by atoms with E-state index in [0.717, 1.165) is 46.7 Å². The van der Waals surface area contributed by atoms with Crippen LogP contribution in [0, 0.1) is 0 Å². The van der Waals surface area contributed by atoms with Crippen LogP contribution in [-0.2, 0) is 29.1 Å². The third-order valence-electron chi connectivity index (χ3n) is 10.3. The van der Waals surface area contributed by atoms with Gasteiger partial charge in [-0.1, -0.05) is 126 Å². The molecule has 1 aliphatic heterocycles. The van der Waals surface area contributed by atoms with Gasteiger partial charge in [-0.2, -0.15) is 0 Å². The van der Waals surface area contributed by atoms with Crippen molar-refractivity contribution < 1.29 is 0 Å². The Kier molecular flexibility index (Phi) is 6.67. The molecule has 8 bridgehead atoms. The molecule has 6 aromatic rings. The number of aryl methyl sites for hydroxylation is 2. The topological polar surface area (TPSA) is 25.8 Å². The number of aromatic nitrogens is 2. The van der Waals surface area contributed by atoms with Crippen molar-refractivity contribution in [1.82, 2.24) is 9.97 Å². The Hall–Kier alpha value is -4.82. The van der Waals surface area contributed by atoms with Crippen molar-refractivity contribution in [2.45, 2.75) is 70.6 Å². The molecule has 2 nitrogen and oxygen atoms in total. The van der Waals surface area contributed by atoms with Crippen LogP contribution in [0.15, 0.2) is 121 Å². The third kappa shape index (κ3) is 4.68. The van der Waals surface area contributed by atoms with Crippen molar-refractivity contribution in [3.8, 4) is 33.6 Å². The van der Waals surface area contributed by atoms with Crippen LogP contribution in [0.5, 0.6) is 0 Å². The molecule has 2 aliphatic rings. The second-order valence-electron chi connectivity index (χ2n) is 15.4. The maximum Gasteiger partial charge on any atom is 0.106 e. The lowest BCUT2D eigenvalue weighted by Gasteiger charge is -2.32. The van der Waals surface area contributed by atoms with Crippen LogP contribution < -0.4 is 0 Å². The van der Waals surface area contributed by atoms with Crippen molar-refractivity contribution in [2.24, 2.45) is 0 Å². The standard InChI is InChI=1S/C45H42N2/c1-43(2,3)35-25-23-31-27-29(35)21-22-30-28-32(24-26-36(30)44(4,5)6)40-18-12-20-42(47-40)45(41-19-11-17-39(31)46-41)37-15-9-7-13-33(37)34-14-8-10-16-38(34)45/h7-20,23-28H,21-22H2,1-6H3. The van der Waals surface area contributed by atoms with Crippen LogP contribution in [0.1, 0.15) is 86.3 Å². The lowest BCUT2D eigenvalue weighted by molar-refractivity contribution is 0.575. The third-order valence-corrected chi connectivity index (χ3v) is 10.3. The molecular formula is C45H42N2. The smallest absolute Gasteiger partial charge is 0.106 e. The molecule has 2 aromatic heterocycles. The first-order valence-corrected chi connectivity index (χ1v) is 17.0. The Labute approximate surface area is 279 Å². The van der Waals surface area contributed by atoms with Gasteiger partial charge in [0.1, 0.15) is 5.41 Å². The highest BCUT2D eigenvalue weighted by Gasteiger charge is 2.48. The summed E-state index contributed by atoms with van der Waals surface area (Å²) in [6.07, 6.45) is 1.93. The van der Waals surface area contributed by atoms with Crippen LogP contribution in [0.3, 0.4) is 0 Å². The Morgan fingerprint density at radius 3 is 1.32 bits per heavy atom. The zero-order valence-electron chi connectivity index (χ0n) is 28.4. The second kappa shape index (κ2) is 10.6. The van der Waals surface area contributed by atoms with Gasteiger partial charge in [0.15, 0.2) is 0 Å². The van der Waals surface area contributed by atoms with Gasteiger partial charge in [-0.05, 0) is 105 Å². The first-order chi connectivity index (χ1) is 22.5. The molecule has 0 fully saturated rings. The Morgan fingerprint density at radius 1 is 0.468 bits per heavy atom. The highest BCUT2D eigenvalue weighted by atomic mass is 14.8. The quantitative estimate of drug-likeness (QED) is 0.171. The molecule has 1 spiro atoms. The lowest BCUT2D eigenvalue weighted by atomic mass is 9.72. The fourth-order valence-corrected chi connectivity index (χ4v) is 8.18. The van der Waals surface area contributed by atoms with Gasteiger partial charge >= 0.3 is 0 Å². The zero-order chi connectivity index (χ0) is 32.6. The molecular weight excluding hydrogens is 569 g/mol. The summed E-state index contributed by atoms with van der Waals surface area (Å²) in [6, 6.07) is 44.8. The number of rotatable bonds is 0. The number of fused-ring (bicyclic) bond motifs is 17. The van der Waals surface area contributed by atoms with Crippen LogP contribution >= 0.6 is 0 Å². The SMILES string of the molecule is CC(C)(C)c1ccc2cc1CCc1cc(ccc1C(C)(C)C)-c1cccc(n1)C1(c3cccc-2n3)c2ccccc2-c2ccccc21. The predicted molar refractivity (Wildman–Crippen MR) is 195 cm³/mol. The van der Waals surface area contributed by atoms with E-state index in [2.05, 4.69) is 163 Å². The van der Waals surface area contributed by atoms with Gasteiger partial charge < -0.3 is 0 Å². The summed E-state index contributed by atoms with van der Waals surface area (Å²) in [7, 11) is 0. The van der Waals surface area contributed by atoms with E-state index in [1.807, 2.05) is 0 Å². The Morgan fingerprint density at radius 2 is 0.894 bits per heavy atom. The molecule has 0 N–H and O–H groups in total. The molecule has 0 saturated carbocycles. The molecule has 232 valence electrons. The summed E-state index contributed by atoms with van der Waals surface area (Å²) < 4.78 is 0. The van der Waals surface area contributed by atoms with Gasteiger partial charge in [0.2, 0.25) is 0 Å². The van der Waals surface area contributed by atoms with Crippen LogP contribution in [0.25, 0.3) is 33.6 Å². The van der Waals surface area contributed by atoms with Crippen LogP contribution in [0.4, 0.5) is 0 Å². The molecule has 4 aromatic carbocycles.